The minimum absolute atomic E-state index is 0.153. The summed E-state index contributed by atoms with van der Waals surface area (Å²) in [5, 5.41) is 13.2. The van der Waals surface area contributed by atoms with Gasteiger partial charge in [0, 0.05) is 36.7 Å². The Hall–Kier alpha value is -3.67. The smallest absolute Gasteiger partial charge is 0.250 e. The van der Waals surface area contributed by atoms with Crippen molar-refractivity contribution in [2.24, 2.45) is 17.8 Å². The van der Waals surface area contributed by atoms with Gasteiger partial charge in [0.15, 0.2) is 0 Å². The van der Waals surface area contributed by atoms with Crippen molar-refractivity contribution < 1.29 is 13.6 Å². The summed E-state index contributed by atoms with van der Waals surface area (Å²) in [6, 6.07) is 8.48. The first-order chi connectivity index (χ1) is 15.0. The Morgan fingerprint density at radius 2 is 1.77 bits per heavy atom. The van der Waals surface area contributed by atoms with Gasteiger partial charge in [-0.1, -0.05) is 0 Å². The number of fused-ring (bicyclic) bond motifs is 1. The number of anilines is 1. The van der Waals surface area contributed by atoms with Crippen LogP contribution in [-0.4, -0.2) is 38.7 Å². The molecule has 2 fully saturated rings. The molecule has 2 aromatic heterocycles. The first-order valence-corrected chi connectivity index (χ1v) is 10.0. The topological polar surface area (TPSA) is 87.7 Å². The lowest BCUT2D eigenvalue weighted by molar-refractivity contribution is 0.0817. The van der Waals surface area contributed by atoms with Crippen LogP contribution in [0.2, 0.25) is 0 Å². The second-order valence-electron chi connectivity index (χ2n) is 8.09. The van der Waals surface area contributed by atoms with Gasteiger partial charge in [0.25, 0.3) is 5.91 Å². The summed E-state index contributed by atoms with van der Waals surface area (Å²) in [5.74, 6) is -0.356. The van der Waals surface area contributed by atoms with Gasteiger partial charge in [-0.15, -0.1) is 0 Å². The van der Waals surface area contributed by atoms with Crippen molar-refractivity contribution in [3.05, 3.63) is 60.2 Å². The SMILES string of the molecule is N#Cc1cc(N2CC3CC(C(=O)n4nccc4-c4cc(F)cc(F)c4)CC3C2)ncn1. The first-order valence-electron chi connectivity index (χ1n) is 10.0. The van der Waals surface area contributed by atoms with Crippen molar-refractivity contribution >= 4 is 11.7 Å². The van der Waals surface area contributed by atoms with Crippen molar-refractivity contribution in [2.45, 2.75) is 12.8 Å². The molecule has 1 saturated carbocycles. The Balaban J connectivity index is 1.31. The molecule has 2 unspecified atom stereocenters. The van der Waals surface area contributed by atoms with Crippen LogP contribution in [0, 0.1) is 40.7 Å². The van der Waals surface area contributed by atoms with Crippen LogP contribution in [0.3, 0.4) is 0 Å². The number of hydrogen-bond donors (Lipinski definition) is 0. The minimum Gasteiger partial charge on any atom is -0.356 e. The fourth-order valence-corrected chi connectivity index (χ4v) is 4.84. The predicted molar refractivity (Wildman–Crippen MR) is 107 cm³/mol. The van der Waals surface area contributed by atoms with Gasteiger partial charge in [0.05, 0.1) is 11.9 Å². The van der Waals surface area contributed by atoms with E-state index >= 15 is 0 Å². The molecular formula is C22H18F2N6O. The average molecular weight is 420 g/mol. The zero-order valence-electron chi connectivity index (χ0n) is 16.4. The summed E-state index contributed by atoms with van der Waals surface area (Å²) >= 11 is 0. The largest absolute Gasteiger partial charge is 0.356 e. The molecule has 1 aromatic carbocycles. The predicted octanol–water partition coefficient (Wildman–Crippen LogP) is 3.29. The molecule has 0 N–H and O–H groups in total. The molecule has 7 nitrogen and oxygen atoms in total. The zero-order chi connectivity index (χ0) is 21.5. The molecule has 1 aliphatic carbocycles. The average Bonchev–Trinajstić information content (AvgIpc) is 3.47. The Labute approximate surface area is 177 Å². The molecule has 3 heterocycles. The van der Waals surface area contributed by atoms with E-state index in [9.17, 15) is 13.6 Å². The van der Waals surface area contributed by atoms with E-state index in [1.165, 1.54) is 29.3 Å². The van der Waals surface area contributed by atoms with Gasteiger partial charge in [-0.3, -0.25) is 4.79 Å². The highest BCUT2D eigenvalue weighted by Crippen LogP contribution is 2.43. The summed E-state index contributed by atoms with van der Waals surface area (Å²) in [6.07, 6.45) is 4.29. The Bertz CT molecular complexity index is 1170. The van der Waals surface area contributed by atoms with Crippen LogP contribution in [0.5, 0.6) is 0 Å². The zero-order valence-corrected chi connectivity index (χ0v) is 16.4. The summed E-state index contributed by atoms with van der Waals surface area (Å²) in [5.41, 5.74) is 0.993. The Kier molecular flexibility index (Phi) is 4.70. The third kappa shape index (κ3) is 3.54. The lowest BCUT2D eigenvalue weighted by Gasteiger charge is -2.20. The standard InChI is InChI=1S/C22H18F2N6O/c23-17-5-13(6-18(24)7-17)20-1-2-28-30(20)22(31)14-3-15-10-29(11-16(15)4-14)21-8-19(9-25)26-12-27-21/h1-2,5-8,12,14-16H,3-4,10-11H2. The molecule has 9 heteroatoms. The molecular weight excluding hydrogens is 402 g/mol. The van der Waals surface area contributed by atoms with Gasteiger partial charge in [-0.25, -0.2) is 18.7 Å². The van der Waals surface area contributed by atoms with E-state index in [0.29, 0.717) is 36.1 Å². The van der Waals surface area contributed by atoms with Crippen LogP contribution >= 0.6 is 0 Å². The molecule has 5 rings (SSSR count). The monoisotopic (exact) mass is 420 g/mol. The highest BCUT2D eigenvalue weighted by Gasteiger charge is 2.44. The second kappa shape index (κ2) is 7.54. The molecule has 1 saturated heterocycles. The van der Waals surface area contributed by atoms with Gasteiger partial charge >= 0.3 is 0 Å². The van der Waals surface area contributed by atoms with Gasteiger partial charge < -0.3 is 4.90 Å². The number of nitrogens with zero attached hydrogens (tertiary/aromatic N) is 6. The fraction of sp³-hybridized carbons (Fsp3) is 0.318. The van der Waals surface area contributed by atoms with Crippen LogP contribution in [-0.2, 0) is 0 Å². The molecule has 2 aliphatic rings. The number of aromatic nitrogens is 4. The van der Waals surface area contributed by atoms with Crippen molar-refractivity contribution in [3.8, 4) is 17.3 Å². The molecule has 0 bridgehead atoms. The van der Waals surface area contributed by atoms with E-state index in [-0.39, 0.29) is 17.4 Å². The minimum atomic E-state index is -0.699. The van der Waals surface area contributed by atoms with Crippen LogP contribution in [0.15, 0.2) is 42.9 Å². The third-order valence-electron chi connectivity index (χ3n) is 6.20. The normalized spacial score (nSPS) is 22.4. The Morgan fingerprint density at radius 1 is 1.06 bits per heavy atom. The molecule has 31 heavy (non-hydrogen) atoms. The van der Waals surface area contributed by atoms with Gasteiger partial charge in [-0.05, 0) is 42.9 Å². The molecule has 0 spiro atoms. The summed E-state index contributed by atoms with van der Waals surface area (Å²) in [6.45, 7) is 1.52. The van der Waals surface area contributed by atoms with Crippen molar-refractivity contribution in [1.82, 2.24) is 19.7 Å². The van der Waals surface area contributed by atoms with Gasteiger partial charge in [0.2, 0.25) is 0 Å². The van der Waals surface area contributed by atoms with E-state index in [4.69, 9.17) is 5.26 Å². The molecule has 156 valence electrons. The van der Waals surface area contributed by atoms with Crippen LogP contribution < -0.4 is 4.90 Å². The quantitative estimate of drug-likeness (QED) is 0.646. The highest BCUT2D eigenvalue weighted by molar-refractivity contribution is 5.85. The van der Waals surface area contributed by atoms with Crippen molar-refractivity contribution in [2.75, 3.05) is 18.0 Å². The van der Waals surface area contributed by atoms with E-state index in [0.717, 1.165) is 25.0 Å². The lowest BCUT2D eigenvalue weighted by atomic mass is 10.0. The van der Waals surface area contributed by atoms with E-state index < -0.39 is 11.6 Å². The molecule has 0 radical (unpaired) electrons. The maximum absolute atomic E-state index is 13.6. The maximum atomic E-state index is 13.6. The fourth-order valence-electron chi connectivity index (χ4n) is 4.84. The number of carbonyl (C=O) groups excluding carboxylic acids is 1. The molecule has 2 atom stereocenters. The molecule has 3 aromatic rings. The summed E-state index contributed by atoms with van der Waals surface area (Å²) < 4.78 is 28.6. The summed E-state index contributed by atoms with van der Waals surface area (Å²) in [7, 11) is 0. The number of benzene rings is 1. The number of nitriles is 1. The maximum Gasteiger partial charge on any atom is 0.250 e. The number of carbonyl (C=O) groups is 1. The number of halogens is 2. The Morgan fingerprint density at radius 3 is 2.45 bits per heavy atom. The second-order valence-corrected chi connectivity index (χ2v) is 8.09. The van der Waals surface area contributed by atoms with E-state index in [1.807, 2.05) is 6.07 Å². The number of rotatable bonds is 3. The summed E-state index contributed by atoms with van der Waals surface area (Å²) in [4.78, 5) is 23.5. The van der Waals surface area contributed by atoms with Gasteiger partial charge in [-0.2, -0.15) is 15.0 Å². The van der Waals surface area contributed by atoms with Gasteiger partial charge in [0.1, 0.15) is 35.5 Å². The number of hydrogen-bond acceptors (Lipinski definition) is 6. The highest BCUT2D eigenvalue weighted by atomic mass is 19.1. The molecule has 0 amide bonds. The molecule has 1 aliphatic heterocycles. The lowest BCUT2D eigenvalue weighted by Crippen LogP contribution is -2.26. The van der Waals surface area contributed by atoms with Crippen LogP contribution in [0.25, 0.3) is 11.3 Å². The van der Waals surface area contributed by atoms with Crippen LogP contribution in [0.1, 0.15) is 23.3 Å². The van der Waals surface area contributed by atoms with Crippen molar-refractivity contribution in [1.29, 1.82) is 5.26 Å². The van der Waals surface area contributed by atoms with Crippen molar-refractivity contribution in [3.63, 3.8) is 0 Å². The first kappa shape index (κ1) is 19.3. The third-order valence-corrected chi connectivity index (χ3v) is 6.20. The van der Waals surface area contributed by atoms with E-state index in [1.54, 1.807) is 12.1 Å². The van der Waals surface area contributed by atoms with E-state index in [2.05, 4.69) is 20.0 Å². The van der Waals surface area contributed by atoms with Crippen LogP contribution in [0.4, 0.5) is 14.6 Å².